The van der Waals surface area contributed by atoms with E-state index in [4.69, 9.17) is 5.41 Å². The SMILES string of the molecule is CC(=O)N1CCN(C(C)=O)C1=N. The molecule has 2 amide bonds. The molecule has 0 bridgehead atoms. The summed E-state index contributed by atoms with van der Waals surface area (Å²) in [6.45, 7) is 3.65. The van der Waals surface area contributed by atoms with Gasteiger partial charge in [-0.15, -0.1) is 0 Å². The number of rotatable bonds is 0. The van der Waals surface area contributed by atoms with Crippen LogP contribution in [0.3, 0.4) is 0 Å². The van der Waals surface area contributed by atoms with Crippen LogP contribution < -0.4 is 0 Å². The lowest BCUT2D eigenvalue weighted by atomic mass is 10.5. The van der Waals surface area contributed by atoms with Crippen molar-refractivity contribution in [2.45, 2.75) is 13.8 Å². The zero-order chi connectivity index (χ0) is 9.30. The molecule has 1 N–H and O–H groups in total. The van der Waals surface area contributed by atoms with E-state index in [1.807, 2.05) is 0 Å². The predicted molar refractivity (Wildman–Crippen MR) is 42.5 cm³/mol. The molecular weight excluding hydrogens is 158 g/mol. The molecule has 0 aromatic carbocycles. The van der Waals surface area contributed by atoms with Crippen molar-refractivity contribution in [1.82, 2.24) is 9.80 Å². The number of carbonyl (C=O) groups excluding carboxylic acids is 2. The summed E-state index contributed by atoms with van der Waals surface area (Å²) in [5.74, 6) is -0.387. The monoisotopic (exact) mass is 169 g/mol. The van der Waals surface area contributed by atoms with E-state index in [0.29, 0.717) is 13.1 Å². The van der Waals surface area contributed by atoms with Gasteiger partial charge in [0.15, 0.2) is 0 Å². The van der Waals surface area contributed by atoms with E-state index < -0.39 is 0 Å². The molecule has 5 nitrogen and oxygen atoms in total. The maximum Gasteiger partial charge on any atom is 0.226 e. The molecule has 1 rings (SSSR count). The second-order valence-corrected chi connectivity index (χ2v) is 2.66. The van der Waals surface area contributed by atoms with E-state index in [9.17, 15) is 9.59 Å². The largest absolute Gasteiger partial charge is 0.281 e. The molecule has 0 unspecified atom stereocenters. The lowest BCUT2D eigenvalue weighted by molar-refractivity contribution is -0.124. The van der Waals surface area contributed by atoms with Gasteiger partial charge in [0.2, 0.25) is 17.8 Å². The normalized spacial score (nSPS) is 17.0. The van der Waals surface area contributed by atoms with E-state index in [1.54, 1.807) is 0 Å². The Kier molecular flexibility index (Phi) is 2.12. The summed E-state index contributed by atoms with van der Waals surface area (Å²) in [6, 6.07) is 0. The quantitative estimate of drug-likeness (QED) is 0.537. The van der Waals surface area contributed by atoms with Gasteiger partial charge in [-0.3, -0.25) is 24.8 Å². The highest BCUT2D eigenvalue weighted by molar-refractivity contribution is 6.03. The molecule has 0 atom stereocenters. The Morgan fingerprint density at radius 1 is 1.17 bits per heavy atom. The molecular formula is C7H11N3O2. The number of nitrogens with one attached hydrogen (secondary N) is 1. The van der Waals surface area contributed by atoms with Crippen molar-refractivity contribution in [2.24, 2.45) is 0 Å². The molecule has 0 spiro atoms. The van der Waals surface area contributed by atoms with Gasteiger partial charge >= 0.3 is 0 Å². The lowest BCUT2D eigenvalue weighted by Crippen LogP contribution is -2.37. The summed E-state index contributed by atoms with van der Waals surface area (Å²) in [6.07, 6.45) is 0. The number of nitrogens with zero attached hydrogens (tertiary/aromatic N) is 2. The van der Waals surface area contributed by atoms with Gasteiger partial charge in [-0.25, -0.2) is 0 Å². The molecule has 1 heterocycles. The van der Waals surface area contributed by atoms with Crippen LogP contribution in [-0.2, 0) is 9.59 Å². The van der Waals surface area contributed by atoms with Gasteiger partial charge in [-0.1, -0.05) is 0 Å². The highest BCUT2D eigenvalue weighted by Gasteiger charge is 2.29. The molecule has 1 fully saturated rings. The van der Waals surface area contributed by atoms with Crippen molar-refractivity contribution in [1.29, 1.82) is 5.41 Å². The fraction of sp³-hybridized carbons (Fsp3) is 0.571. The summed E-state index contributed by atoms with van der Waals surface area (Å²) >= 11 is 0. The van der Waals surface area contributed by atoms with E-state index in [0.717, 1.165) is 0 Å². The van der Waals surface area contributed by atoms with Gasteiger partial charge in [0.1, 0.15) is 0 Å². The van der Waals surface area contributed by atoms with Gasteiger partial charge in [-0.2, -0.15) is 0 Å². The topological polar surface area (TPSA) is 64.5 Å². The molecule has 0 radical (unpaired) electrons. The predicted octanol–water partition coefficient (Wildman–Crippen LogP) is -0.368. The van der Waals surface area contributed by atoms with E-state index in [2.05, 4.69) is 0 Å². The Labute approximate surface area is 70.5 Å². The van der Waals surface area contributed by atoms with Crippen molar-refractivity contribution in [3.8, 4) is 0 Å². The van der Waals surface area contributed by atoms with Gasteiger partial charge < -0.3 is 0 Å². The number of hydrogen-bond acceptors (Lipinski definition) is 3. The van der Waals surface area contributed by atoms with Crippen molar-refractivity contribution < 1.29 is 9.59 Å². The van der Waals surface area contributed by atoms with Crippen molar-refractivity contribution >= 4 is 17.8 Å². The van der Waals surface area contributed by atoms with Crippen LogP contribution >= 0.6 is 0 Å². The Hall–Kier alpha value is -1.39. The van der Waals surface area contributed by atoms with Gasteiger partial charge in [0.05, 0.1) is 0 Å². The maximum absolute atomic E-state index is 10.9. The first kappa shape index (κ1) is 8.70. The van der Waals surface area contributed by atoms with E-state index >= 15 is 0 Å². The molecule has 0 aliphatic carbocycles. The molecule has 1 aliphatic rings. The van der Waals surface area contributed by atoms with Crippen LogP contribution in [0.5, 0.6) is 0 Å². The zero-order valence-electron chi connectivity index (χ0n) is 7.13. The first-order valence-electron chi connectivity index (χ1n) is 3.69. The van der Waals surface area contributed by atoms with E-state index in [1.165, 1.54) is 23.6 Å². The Morgan fingerprint density at radius 3 is 1.67 bits per heavy atom. The third-order valence-electron chi connectivity index (χ3n) is 1.82. The fourth-order valence-corrected chi connectivity index (χ4v) is 1.17. The molecule has 0 saturated carbocycles. The summed E-state index contributed by atoms with van der Waals surface area (Å²) < 4.78 is 0. The van der Waals surface area contributed by atoms with E-state index in [-0.39, 0.29) is 17.8 Å². The number of guanidine groups is 1. The lowest BCUT2D eigenvalue weighted by Gasteiger charge is -2.15. The minimum atomic E-state index is -0.191. The highest BCUT2D eigenvalue weighted by atomic mass is 16.2. The van der Waals surface area contributed by atoms with Crippen LogP contribution in [0.25, 0.3) is 0 Å². The van der Waals surface area contributed by atoms with Crippen molar-refractivity contribution in [3.05, 3.63) is 0 Å². The summed E-state index contributed by atoms with van der Waals surface area (Å²) in [5, 5.41) is 7.43. The molecule has 0 aromatic heterocycles. The van der Waals surface area contributed by atoms with Crippen LogP contribution in [0.4, 0.5) is 0 Å². The Balaban J connectivity index is 2.74. The third kappa shape index (κ3) is 1.30. The van der Waals surface area contributed by atoms with Gasteiger partial charge in [0, 0.05) is 26.9 Å². The Morgan fingerprint density at radius 2 is 1.50 bits per heavy atom. The Bertz CT molecular complexity index is 225. The summed E-state index contributed by atoms with van der Waals surface area (Å²) in [4.78, 5) is 24.3. The second kappa shape index (κ2) is 2.92. The van der Waals surface area contributed by atoms with Gasteiger partial charge in [0.25, 0.3) is 0 Å². The molecule has 1 saturated heterocycles. The van der Waals surface area contributed by atoms with Crippen LogP contribution in [0.2, 0.25) is 0 Å². The molecule has 0 aromatic rings. The average Bonchev–Trinajstić information content (AvgIpc) is 2.30. The van der Waals surface area contributed by atoms with Crippen LogP contribution in [0.1, 0.15) is 13.8 Å². The van der Waals surface area contributed by atoms with Crippen LogP contribution in [0.15, 0.2) is 0 Å². The van der Waals surface area contributed by atoms with Crippen LogP contribution in [0, 0.1) is 5.41 Å². The number of carbonyl (C=O) groups is 2. The molecule has 66 valence electrons. The van der Waals surface area contributed by atoms with Crippen molar-refractivity contribution in [2.75, 3.05) is 13.1 Å². The summed E-state index contributed by atoms with van der Waals surface area (Å²) in [5.41, 5.74) is 0. The minimum absolute atomic E-state index is 0.00463. The third-order valence-corrected chi connectivity index (χ3v) is 1.82. The number of hydrogen-bond donors (Lipinski definition) is 1. The van der Waals surface area contributed by atoms with Crippen molar-refractivity contribution in [3.63, 3.8) is 0 Å². The maximum atomic E-state index is 10.9. The fourth-order valence-electron chi connectivity index (χ4n) is 1.17. The second-order valence-electron chi connectivity index (χ2n) is 2.66. The molecule has 1 aliphatic heterocycles. The standard InChI is InChI=1S/C7H11N3O2/c1-5(11)9-3-4-10(6(2)12)7(9)8/h8H,3-4H2,1-2H3. The first-order valence-corrected chi connectivity index (χ1v) is 3.69. The van der Waals surface area contributed by atoms with Gasteiger partial charge in [-0.05, 0) is 0 Å². The molecule has 5 heteroatoms. The first-order chi connectivity index (χ1) is 5.54. The zero-order valence-corrected chi connectivity index (χ0v) is 7.13. The number of amides is 2. The average molecular weight is 169 g/mol. The van der Waals surface area contributed by atoms with Crippen LogP contribution in [-0.4, -0.2) is 40.7 Å². The summed E-state index contributed by atoms with van der Waals surface area (Å²) in [7, 11) is 0. The minimum Gasteiger partial charge on any atom is -0.281 e. The molecule has 12 heavy (non-hydrogen) atoms. The smallest absolute Gasteiger partial charge is 0.226 e. The highest BCUT2D eigenvalue weighted by Crippen LogP contribution is 2.07.